The molecule has 460 valence electrons. The lowest BCUT2D eigenvalue weighted by molar-refractivity contribution is 0.262. The summed E-state index contributed by atoms with van der Waals surface area (Å²) >= 11 is 0. The van der Waals surface area contributed by atoms with E-state index in [0.29, 0.717) is 82.6 Å². The molecule has 0 aromatic heterocycles. The topological polar surface area (TPSA) is 382 Å². The van der Waals surface area contributed by atoms with Gasteiger partial charge in [0.05, 0.1) is 47.5 Å². The van der Waals surface area contributed by atoms with Gasteiger partial charge in [-0.2, -0.15) is 54.1 Å². The van der Waals surface area contributed by atoms with Gasteiger partial charge in [0, 0.05) is 61.1 Å². The summed E-state index contributed by atoms with van der Waals surface area (Å²) in [7, 11) is -18.0. The lowest BCUT2D eigenvalue weighted by atomic mass is 10.1. The van der Waals surface area contributed by atoms with Crippen molar-refractivity contribution in [2.24, 2.45) is 40.9 Å². The van der Waals surface area contributed by atoms with E-state index in [1.165, 1.54) is 36.4 Å². The number of urea groups is 1. The van der Waals surface area contributed by atoms with Crippen molar-refractivity contribution < 1.29 is 66.2 Å². The van der Waals surface area contributed by atoms with Crippen molar-refractivity contribution >= 4 is 115 Å². The highest BCUT2D eigenvalue weighted by molar-refractivity contribution is 7.86. The van der Waals surface area contributed by atoms with E-state index in [4.69, 9.17) is 9.47 Å². The molecule has 6 N–H and O–H groups in total. The monoisotopic (exact) mass is 1260 g/mol. The Balaban J connectivity index is 1.17. The van der Waals surface area contributed by atoms with Crippen molar-refractivity contribution in [1.29, 1.82) is 0 Å². The van der Waals surface area contributed by atoms with E-state index < -0.39 is 67.8 Å². The molecule has 6 aromatic carbocycles. The summed E-state index contributed by atoms with van der Waals surface area (Å²) < 4.78 is 146. The number of rotatable bonds is 28. The fourth-order valence-electron chi connectivity index (χ4n) is 8.34. The highest BCUT2D eigenvalue weighted by Crippen LogP contribution is 2.41. The van der Waals surface area contributed by atoms with Crippen molar-refractivity contribution in [3.05, 3.63) is 119 Å². The van der Waals surface area contributed by atoms with Crippen molar-refractivity contribution in [3.8, 4) is 11.5 Å². The van der Waals surface area contributed by atoms with Crippen LogP contribution in [0.4, 0.5) is 73.0 Å². The van der Waals surface area contributed by atoms with Crippen LogP contribution in [0.2, 0.25) is 0 Å². The van der Waals surface area contributed by atoms with Gasteiger partial charge >= 0.3 is 6.03 Å². The number of nitrogens with zero attached hydrogens (tertiary/aromatic N) is 10. The minimum absolute atomic E-state index is 0.0848. The molecule has 0 radical (unpaired) electrons. The fraction of sp³-hybridized carbons (Fsp3) is 0.327. The molecule has 27 nitrogen and oxygen atoms in total. The average Bonchev–Trinajstić information content (AvgIpc) is 1.10. The molecule has 2 amide bonds. The molecular weight excluding hydrogens is 1200 g/mol. The molecular formula is C55H66N12O15S4. The van der Waals surface area contributed by atoms with Crippen molar-refractivity contribution in [3.63, 3.8) is 0 Å². The highest BCUT2D eigenvalue weighted by Gasteiger charge is 2.21. The minimum Gasteiger partial charge on any atom is -0.491 e. The number of hydrogen-bond acceptors (Lipinski definition) is 21. The number of hydrogen-bond donors (Lipinski definition) is 6. The number of carbonyl (C=O) groups excluding carboxylic acids is 1. The second kappa shape index (κ2) is 29.3. The Morgan fingerprint density at radius 2 is 0.779 bits per heavy atom. The van der Waals surface area contributed by atoms with Gasteiger partial charge in [-0.1, -0.05) is 0 Å². The number of carbonyl (C=O) groups is 1. The molecule has 6 rings (SSSR count). The number of benzene rings is 6. The number of nitrogens with one attached hydrogen (secondary N) is 2. The van der Waals surface area contributed by atoms with E-state index in [2.05, 4.69) is 51.5 Å². The van der Waals surface area contributed by atoms with Crippen molar-refractivity contribution in [2.45, 2.75) is 78.0 Å². The number of aryl methyl sites for hydroxylation is 4. The smallest absolute Gasteiger partial charge is 0.323 e. The molecule has 0 atom stereocenters. The van der Waals surface area contributed by atoms with Crippen LogP contribution >= 0.6 is 0 Å². The van der Waals surface area contributed by atoms with Crippen LogP contribution in [0.3, 0.4) is 0 Å². The van der Waals surface area contributed by atoms with Gasteiger partial charge < -0.3 is 29.9 Å². The van der Waals surface area contributed by atoms with Gasteiger partial charge in [0.25, 0.3) is 40.5 Å². The van der Waals surface area contributed by atoms with Crippen LogP contribution in [0.5, 0.6) is 11.5 Å². The van der Waals surface area contributed by atoms with E-state index >= 15 is 0 Å². The van der Waals surface area contributed by atoms with Gasteiger partial charge in [0.1, 0.15) is 44.0 Å². The zero-order chi connectivity index (χ0) is 63.1. The zero-order valence-electron chi connectivity index (χ0n) is 48.2. The third-order valence-corrected chi connectivity index (χ3v) is 16.2. The lowest BCUT2D eigenvalue weighted by Crippen LogP contribution is -2.22. The van der Waals surface area contributed by atoms with Gasteiger partial charge in [-0.15, -0.1) is 20.5 Å². The highest BCUT2D eigenvalue weighted by atomic mass is 32.2. The summed E-state index contributed by atoms with van der Waals surface area (Å²) in [5.41, 5.74) is 5.50. The van der Waals surface area contributed by atoms with Crippen LogP contribution in [0.15, 0.2) is 148 Å². The molecule has 31 heteroatoms. The first-order valence-corrected chi connectivity index (χ1v) is 32.7. The predicted molar refractivity (Wildman–Crippen MR) is 327 cm³/mol. The van der Waals surface area contributed by atoms with Crippen LogP contribution in [-0.2, 0) is 40.5 Å². The SMILES string of the molecule is CCN(CC)c1ccc(N=Nc2cc(OCCCS(=O)(=O)O)c(N=Nc3ccc(NC(=O)Nc4ccc(N=Nc5cc(C)c(N=Nc6ccc(N(CC)CC)cc6S(=O)(=O)O)cc5OCCCS(=O)(=O)O)cc4C)c(C)c3)cc2C)c(S(=O)(=O)O)c1. The Hall–Kier alpha value is -8.17. The standard InChI is InChI=1S/C55H66N12O15S4/c1-9-66(10-2)41-17-21-45(53(31-41)85(75,76)77)60-62-47-33-51(81-23-13-25-83(69,70)71)49(29-37(47)7)64-58-39-15-19-43(35(5)27-39)56-55(68)57-44-20-16-40(28-36(44)6)59-65-50-30-38(8)48(34-52(50)82-24-14-26-84(72,73)74)63-61-46-22-18-42(67(11-3)12-4)32-54(46)86(78,79)80/h15-22,27-34H,9-14,23-26H2,1-8H3,(H2,56,57,68)(H,69,70,71)(H,72,73,74)(H,75,76,77)(H,78,79,80). The second-order valence-electron chi connectivity index (χ2n) is 19.2. The van der Waals surface area contributed by atoms with E-state index in [-0.39, 0.29) is 71.7 Å². The van der Waals surface area contributed by atoms with Gasteiger partial charge in [-0.05, 0) is 175 Å². The van der Waals surface area contributed by atoms with Crippen LogP contribution < -0.4 is 29.9 Å². The van der Waals surface area contributed by atoms with Crippen LogP contribution in [0.25, 0.3) is 0 Å². The quantitative estimate of drug-likeness (QED) is 0.0151. The molecule has 86 heavy (non-hydrogen) atoms. The molecule has 0 saturated carbocycles. The summed E-state index contributed by atoms with van der Waals surface area (Å²) in [5, 5.41) is 39.9. The maximum absolute atomic E-state index is 13.4. The number of anilines is 4. The molecule has 0 bridgehead atoms. The number of ether oxygens (including phenoxy) is 2. The van der Waals surface area contributed by atoms with Crippen molar-refractivity contribution in [2.75, 3.05) is 71.3 Å². The largest absolute Gasteiger partial charge is 0.491 e. The van der Waals surface area contributed by atoms with Crippen LogP contribution in [0, 0.1) is 27.7 Å². The molecule has 0 aliphatic heterocycles. The Kier molecular flexibility index (Phi) is 22.8. The number of azo groups is 4. The van der Waals surface area contributed by atoms with Gasteiger partial charge in [0.2, 0.25) is 0 Å². The van der Waals surface area contributed by atoms with E-state index in [1.807, 2.05) is 37.5 Å². The van der Waals surface area contributed by atoms with E-state index in [9.17, 15) is 56.7 Å². The summed E-state index contributed by atoms with van der Waals surface area (Å²) in [5.74, 6) is -0.958. The lowest BCUT2D eigenvalue weighted by Gasteiger charge is -2.21. The molecule has 0 unspecified atom stereocenters. The van der Waals surface area contributed by atoms with E-state index in [1.54, 1.807) is 88.4 Å². The maximum Gasteiger partial charge on any atom is 0.323 e. The normalized spacial score (nSPS) is 12.4. The van der Waals surface area contributed by atoms with E-state index in [0.717, 1.165) is 0 Å². The third kappa shape index (κ3) is 19.4. The van der Waals surface area contributed by atoms with Gasteiger partial charge in [0.15, 0.2) is 0 Å². The molecule has 0 aliphatic carbocycles. The molecule has 0 aliphatic rings. The average molecular weight is 1260 g/mol. The maximum atomic E-state index is 13.4. The predicted octanol–water partition coefficient (Wildman–Crippen LogP) is 13.7. The van der Waals surface area contributed by atoms with Gasteiger partial charge in [-0.3, -0.25) is 18.2 Å². The first kappa shape index (κ1) is 67.0. The summed E-state index contributed by atoms with van der Waals surface area (Å²) in [4.78, 5) is 16.2. The summed E-state index contributed by atoms with van der Waals surface area (Å²) in [6.07, 6.45) is -0.170. The molecule has 0 heterocycles. The Morgan fingerprint density at radius 3 is 1.10 bits per heavy atom. The first-order valence-electron chi connectivity index (χ1n) is 26.6. The fourth-order valence-corrected chi connectivity index (χ4v) is 10.6. The second-order valence-corrected chi connectivity index (χ2v) is 25.1. The zero-order valence-corrected chi connectivity index (χ0v) is 51.5. The molecule has 0 fully saturated rings. The molecule has 0 spiro atoms. The minimum atomic E-state index is -4.71. The number of amides is 2. The molecule has 6 aromatic rings. The Labute approximate surface area is 499 Å². The van der Waals surface area contributed by atoms with Crippen LogP contribution in [0.1, 0.15) is 62.8 Å². The van der Waals surface area contributed by atoms with Crippen molar-refractivity contribution in [1.82, 2.24) is 0 Å². The first-order chi connectivity index (χ1) is 40.5. The Bertz CT molecular complexity index is 3800. The third-order valence-electron chi connectivity index (χ3n) is 12.9. The summed E-state index contributed by atoms with van der Waals surface area (Å²) in [6.45, 7) is 16.4. The Morgan fingerprint density at radius 1 is 0.430 bits per heavy atom. The molecule has 0 saturated heterocycles. The summed E-state index contributed by atoms with van der Waals surface area (Å²) in [6, 6.07) is 24.0. The van der Waals surface area contributed by atoms with Gasteiger partial charge in [-0.25, -0.2) is 4.79 Å². The van der Waals surface area contributed by atoms with Crippen LogP contribution in [-0.4, -0.2) is 109 Å².